The summed E-state index contributed by atoms with van der Waals surface area (Å²) in [6.07, 6.45) is 6.37. The van der Waals surface area contributed by atoms with E-state index in [2.05, 4.69) is 26.7 Å². The molecule has 0 aromatic carbocycles. The molecule has 1 aromatic rings. The molecular weight excluding hydrogens is 264 g/mol. The molecule has 5 heteroatoms. The molecule has 21 heavy (non-hydrogen) atoms. The Kier molecular flexibility index (Phi) is 4.19. The van der Waals surface area contributed by atoms with Gasteiger partial charge >= 0.3 is 0 Å². The van der Waals surface area contributed by atoms with Crippen LogP contribution >= 0.6 is 0 Å². The van der Waals surface area contributed by atoms with Gasteiger partial charge in [0, 0.05) is 24.8 Å². The number of nitrogens with zero attached hydrogens (tertiary/aromatic N) is 4. The van der Waals surface area contributed by atoms with Crippen LogP contribution in [0.4, 0.5) is 0 Å². The van der Waals surface area contributed by atoms with E-state index in [0.29, 0.717) is 23.6 Å². The molecule has 2 saturated heterocycles. The average Bonchev–Trinajstić information content (AvgIpc) is 3.14. The molecule has 2 atom stereocenters. The molecule has 1 amide bonds. The first kappa shape index (κ1) is 14.4. The van der Waals surface area contributed by atoms with E-state index in [9.17, 15) is 4.79 Å². The van der Waals surface area contributed by atoms with Crippen LogP contribution in [0, 0.1) is 6.92 Å². The third kappa shape index (κ3) is 2.79. The zero-order valence-electron chi connectivity index (χ0n) is 13.0. The van der Waals surface area contributed by atoms with E-state index in [-0.39, 0.29) is 5.91 Å². The average molecular weight is 288 g/mol. The largest absolute Gasteiger partial charge is 0.333 e. The molecule has 3 heterocycles. The first-order valence-corrected chi connectivity index (χ1v) is 8.05. The molecule has 2 aliphatic heterocycles. The van der Waals surface area contributed by atoms with Crippen LogP contribution in [0.5, 0.6) is 0 Å². The van der Waals surface area contributed by atoms with Gasteiger partial charge in [0.2, 0.25) is 0 Å². The van der Waals surface area contributed by atoms with Gasteiger partial charge in [0.25, 0.3) is 5.91 Å². The van der Waals surface area contributed by atoms with E-state index in [0.717, 1.165) is 25.9 Å². The number of likely N-dealkylation sites (N-methyl/N-ethyl adjacent to an activating group) is 1. The fourth-order valence-corrected chi connectivity index (χ4v) is 3.85. The van der Waals surface area contributed by atoms with Gasteiger partial charge in [-0.05, 0) is 51.8 Å². The van der Waals surface area contributed by atoms with E-state index < -0.39 is 0 Å². The summed E-state index contributed by atoms with van der Waals surface area (Å²) in [5.74, 6) is 0.735. The maximum absolute atomic E-state index is 12.8. The standard InChI is InChI=1S/C16H24N4O/c1-3-19-10-4-6-14(19)15-7-5-11-20(15)16(21)13-8-9-17-12(2)18-13/h8-9,14-15H,3-7,10-11H2,1-2H3/t14-,15+/m0/s1. The van der Waals surface area contributed by atoms with Crippen molar-refractivity contribution >= 4 is 5.91 Å². The van der Waals surface area contributed by atoms with Gasteiger partial charge in [0.1, 0.15) is 11.5 Å². The van der Waals surface area contributed by atoms with E-state index in [1.165, 1.54) is 19.4 Å². The fourth-order valence-electron chi connectivity index (χ4n) is 3.85. The first-order valence-electron chi connectivity index (χ1n) is 8.05. The Labute approximate surface area is 126 Å². The van der Waals surface area contributed by atoms with E-state index in [1.54, 1.807) is 12.3 Å². The van der Waals surface area contributed by atoms with Crippen molar-refractivity contribution in [3.05, 3.63) is 23.8 Å². The highest BCUT2D eigenvalue weighted by molar-refractivity contribution is 5.92. The number of hydrogen-bond donors (Lipinski definition) is 0. The molecule has 2 fully saturated rings. The smallest absolute Gasteiger partial charge is 0.272 e. The quantitative estimate of drug-likeness (QED) is 0.852. The van der Waals surface area contributed by atoms with Gasteiger partial charge in [-0.2, -0.15) is 0 Å². The molecule has 3 rings (SSSR count). The van der Waals surface area contributed by atoms with Crippen molar-refractivity contribution in [1.82, 2.24) is 19.8 Å². The Morgan fingerprint density at radius 3 is 2.81 bits per heavy atom. The second-order valence-electron chi connectivity index (χ2n) is 6.04. The summed E-state index contributed by atoms with van der Waals surface area (Å²) in [6, 6.07) is 2.62. The molecule has 0 aliphatic carbocycles. The second-order valence-corrected chi connectivity index (χ2v) is 6.04. The van der Waals surface area contributed by atoms with Gasteiger partial charge in [-0.3, -0.25) is 9.69 Å². The van der Waals surface area contributed by atoms with Crippen molar-refractivity contribution in [2.45, 2.75) is 51.6 Å². The van der Waals surface area contributed by atoms with Crippen molar-refractivity contribution in [1.29, 1.82) is 0 Å². The van der Waals surface area contributed by atoms with Crippen molar-refractivity contribution in [2.75, 3.05) is 19.6 Å². The molecule has 0 spiro atoms. The van der Waals surface area contributed by atoms with Crippen LogP contribution in [0.2, 0.25) is 0 Å². The first-order chi connectivity index (χ1) is 10.2. The Hall–Kier alpha value is -1.49. The Bertz CT molecular complexity index is 519. The maximum Gasteiger partial charge on any atom is 0.272 e. The van der Waals surface area contributed by atoms with Crippen molar-refractivity contribution in [3.8, 4) is 0 Å². The van der Waals surface area contributed by atoms with Crippen LogP contribution < -0.4 is 0 Å². The normalized spacial score (nSPS) is 26.5. The van der Waals surface area contributed by atoms with E-state index in [4.69, 9.17) is 0 Å². The lowest BCUT2D eigenvalue weighted by atomic mass is 10.0. The summed E-state index contributed by atoms with van der Waals surface area (Å²) >= 11 is 0. The van der Waals surface area contributed by atoms with Crippen LogP contribution in [-0.2, 0) is 0 Å². The third-order valence-electron chi connectivity index (χ3n) is 4.82. The zero-order chi connectivity index (χ0) is 14.8. The van der Waals surface area contributed by atoms with E-state index >= 15 is 0 Å². The summed E-state index contributed by atoms with van der Waals surface area (Å²) < 4.78 is 0. The van der Waals surface area contributed by atoms with Gasteiger partial charge in [-0.25, -0.2) is 9.97 Å². The van der Waals surface area contributed by atoms with Crippen molar-refractivity contribution < 1.29 is 4.79 Å². The number of aryl methyl sites for hydroxylation is 1. The fraction of sp³-hybridized carbons (Fsp3) is 0.688. The molecule has 1 aromatic heterocycles. The van der Waals surface area contributed by atoms with Crippen LogP contribution in [0.25, 0.3) is 0 Å². The van der Waals surface area contributed by atoms with Gasteiger partial charge in [-0.1, -0.05) is 6.92 Å². The van der Waals surface area contributed by atoms with Gasteiger partial charge in [0.15, 0.2) is 0 Å². The van der Waals surface area contributed by atoms with Crippen molar-refractivity contribution in [3.63, 3.8) is 0 Å². The highest BCUT2D eigenvalue weighted by atomic mass is 16.2. The Morgan fingerprint density at radius 2 is 2.05 bits per heavy atom. The minimum absolute atomic E-state index is 0.0750. The number of amides is 1. The molecule has 2 aliphatic rings. The lowest BCUT2D eigenvalue weighted by Crippen LogP contribution is -2.48. The van der Waals surface area contributed by atoms with Crippen LogP contribution in [0.3, 0.4) is 0 Å². The molecule has 0 saturated carbocycles. The summed E-state index contributed by atoms with van der Waals surface area (Å²) in [5.41, 5.74) is 0.537. The summed E-state index contributed by atoms with van der Waals surface area (Å²) in [4.78, 5) is 25.7. The second kappa shape index (κ2) is 6.10. The molecular formula is C16H24N4O. The summed E-state index contributed by atoms with van der Waals surface area (Å²) in [5, 5.41) is 0. The van der Waals surface area contributed by atoms with Crippen LogP contribution in [0.1, 0.15) is 48.9 Å². The Morgan fingerprint density at radius 1 is 1.29 bits per heavy atom. The Balaban J connectivity index is 1.79. The van der Waals surface area contributed by atoms with Crippen LogP contribution in [-0.4, -0.2) is 57.4 Å². The number of carbonyl (C=O) groups excluding carboxylic acids is 1. The van der Waals surface area contributed by atoms with Crippen LogP contribution in [0.15, 0.2) is 12.3 Å². The third-order valence-corrected chi connectivity index (χ3v) is 4.82. The lowest BCUT2D eigenvalue weighted by molar-refractivity contribution is 0.0643. The predicted molar refractivity (Wildman–Crippen MR) is 81.1 cm³/mol. The lowest BCUT2D eigenvalue weighted by Gasteiger charge is -2.34. The highest BCUT2D eigenvalue weighted by Crippen LogP contribution is 2.30. The minimum Gasteiger partial charge on any atom is -0.333 e. The monoisotopic (exact) mass is 288 g/mol. The minimum atomic E-state index is 0.0750. The zero-order valence-corrected chi connectivity index (χ0v) is 13.0. The van der Waals surface area contributed by atoms with E-state index in [1.807, 2.05) is 6.92 Å². The molecule has 114 valence electrons. The molecule has 5 nitrogen and oxygen atoms in total. The topological polar surface area (TPSA) is 49.3 Å². The molecule has 0 radical (unpaired) electrons. The molecule has 0 bridgehead atoms. The SMILES string of the molecule is CCN1CCC[C@H]1[C@H]1CCCN1C(=O)c1ccnc(C)n1. The molecule has 0 unspecified atom stereocenters. The maximum atomic E-state index is 12.8. The number of rotatable bonds is 3. The highest BCUT2D eigenvalue weighted by Gasteiger charge is 2.39. The predicted octanol–water partition coefficient (Wildman–Crippen LogP) is 1.87. The van der Waals surface area contributed by atoms with Gasteiger partial charge < -0.3 is 4.90 Å². The molecule has 0 N–H and O–H groups in total. The van der Waals surface area contributed by atoms with Crippen molar-refractivity contribution in [2.24, 2.45) is 0 Å². The summed E-state index contributed by atoms with van der Waals surface area (Å²) in [6.45, 7) is 7.16. The van der Waals surface area contributed by atoms with Gasteiger partial charge in [0.05, 0.1) is 0 Å². The number of hydrogen-bond acceptors (Lipinski definition) is 4. The van der Waals surface area contributed by atoms with Gasteiger partial charge in [-0.15, -0.1) is 0 Å². The summed E-state index contributed by atoms with van der Waals surface area (Å²) in [7, 11) is 0. The number of aromatic nitrogens is 2. The number of likely N-dealkylation sites (tertiary alicyclic amines) is 2. The number of carbonyl (C=O) groups is 1.